The van der Waals surface area contributed by atoms with Gasteiger partial charge in [-0.3, -0.25) is 0 Å². The van der Waals surface area contributed by atoms with Crippen LogP contribution in [0.4, 0.5) is 0 Å². The molecule has 0 rings (SSSR count). The average molecular weight is 335 g/mol. The van der Waals surface area contributed by atoms with Gasteiger partial charge >= 0.3 is 0 Å². The lowest BCUT2D eigenvalue weighted by Crippen LogP contribution is -2.46. The van der Waals surface area contributed by atoms with Crippen LogP contribution in [0, 0.1) is 11.8 Å². The van der Waals surface area contributed by atoms with E-state index in [1.165, 1.54) is 18.1 Å². The fourth-order valence-corrected chi connectivity index (χ4v) is 6.14. The van der Waals surface area contributed by atoms with Crippen molar-refractivity contribution in [2.24, 2.45) is 0 Å². The molecule has 1 unspecified atom stereocenters. The van der Waals surface area contributed by atoms with Crippen molar-refractivity contribution in [1.29, 1.82) is 0 Å². The predicted octanol–water partition coefficient (Wildman–Crippen LogP) is 6.87. The summed E-state index contributed by atoms with van der Waals surface area (Å²) in [6.07, 6.45) is 12.9. The standard InChI is InChI=1S/C21H38OSi/c1-7-13-15-17-20-21(18-9-3,19-16-14-8-2)22-23(10-4,11-5)12-6/h8,13,15H,2,7,10-12,14,16-17,19-20H2,1,3-6H3/b15-13-. The predicted molar refractivity (Wildman–Crippen MR) is 107 cm³/mol. The quantitative estimate of drug-likeness (QED) is 0.154. The van der Waals surface area contributed by atoms with Crippen LogP contribution >= 0.6 is 0 Å². The first kappa shape index (κ1) is 22.2. The van der Waals surface area contributed by atoms with Gasteiger partial charge in [0.15, 0.2) is 8.32 Å². The smallest absolute Gasteiger partial charge is 0.194 e. The van der Waals surface area contributed by atoms with Crippen LogP contribution in [0.25, 0.3) is 0 Å². The minimum absolute atomic E-state index is 0.260. The lowest BCUT2D eigenvalue weighted by molar-refractivity contribution is 0.0955. The molecule has 23 heavy (non-hydrogen) atoms. The van der Waals surface area contributed by atoms with Gasteiger partial charge in [0.2, 0.25) is 0 Å². The van der Waals surface area contributed by atoms with E-state index < -0.39 is 8.32 Å². The van der Waals surface area contributed by atoms with Crippen LogP contribution in [0.5, 0.6) is 0 Å². The highest BCUT2D eigenvalue weighted by molar-refractivity contribution is 6.73. The molecular formula is C21H38OSi. The Morgan fingerprint density at radius 2 is 1.65 bits per heavy atom. The molecule has 132 valence electrons. The number of hydrogen-bond acceptors (Lipinski definition) is 1. The number of rotatable bonds is 13. The van der Waals surface area contributed by atoms with Gasteiger partial charge < -0.3 is 4.43 Å². The number of unbranched alkanes of at least 4 members (excludes halogenated alkanes) is 1. The highest BCUT2D eigenvalue weighted by atomic mass is 28.4. The maximum absolute atomic E-state index is 6.94. The first-order chi connectivity index (χ1) is 11.1. The molecule has 0 aliphatic rings. The van der Waals surface area contributed by atoms with E-state index >= 15 is 0 Å². The van der Waals surface area contributed by atoms with E-state index in [1.807, 2.05) is 13.0 Å². The topological polar surface area (TPSA) is 9.23 Å². The van der Waals surface area contributed by atoms with Gasteiger partial charge in [-0.2, -0.15) is 0 Å². The third-order valence-corrected chi connectivity index (χ3v) is 9.49. The molecule has 0 heterocycles. The fraction of sp³-hybridized carbons (Fsp3) is 0.714. The summed E-state index contributed by atoms with van der Waals surface area (Å²) in [6.45, 7) is 14.9. The lowest BCUT2D eigenvalue weighted by atomic mass is 9.92. The van der Waals surface area contributed by atoms with Gasteiger partial charge in [-0.25, -0.2) is 0 Å². The van der Waals surface area contributed by atoms with Crippen molar-refractivity contribution in [3.63, 3.8) is 0 Å². The minimum Gasteiger partial charge on any atom is -0.401 e. The van der Waals surface area contributed by atoms with Crippen molar-refractivity contribution in [3.05, 3.63) is 24.8 Å². The second kappa shape index (κ2) is 12.6. The molecule has 0 aromatic carbocycles. The number of hydrogen-bond donors (Lipinski definition) is 0. The van der Waals surface area contributed by atoms with Gasteiger partial charge in [0.1, 0.15) is 5.60 Å². The molecule has 0 spiro atoms. The van der Waals surface area contributed by atoms with Crippen LogP contribution < -0.4 is 0 Å². The Balaban J connectivity index is 5.35. The Morgan fingerprint density at radius 3 is 2.13 bits per heavy atom. The Morgan fingerprint density at radius 1 is 1.00 bits per heavy atom. The maximum atomic E-state index is 6.94. The molecule has 0 aromatic rings. The molecule has 0 radical (unpaired) electrons. The van der Waals surface area contributed by atoms with Gasteiger partial charge in [0.05, 0.1) is 0 Å². The van der Waals surface area contributed by atoms with Gasteiger partial charge in [-0.05, 0) is 63.6 Å². The highest BCUT2D eigenvalue weighted by Gasteiger charge is 2.39. The molecule has 0 saturated heterocycles. The van der Waals surface area contributed by atoms with Gasteiger partial charge in [-0.1, -0.05) is 51.8 Å². The molecule has 0 saturated carbocycles. The van der Waals surface area contributed by atoms with E-state index in [0.29, 0.717) is 0 Å². The van der Waals surface area contributed by atoms with Crippen LogP contribution in [0.2, 0.25) is 18.1 Å². The van der Waals surface area contributed by atoms with Gasteiger partial charge in [0.25, 0.3) is 0 Å². The van der Waals surface area contributed by atoms with E-state index in [2.05, 4.69) is 58.3 Å². The van der Waals surface area contributed by atoms with Crippen molar-refractivity contribution in [2.75, 3.05) is 0 Å². The molecule has 0 bridgehead atoms. The summed E-state index contributed by atoms with van der Waals surface area (Å²) in [5, 5.41) is 0. The molecule has 0 N–H and O–H groups in total. The highest BCUT2D eigenvalue weighted by Crippen LogP contribution is 2.34. The third kappa shape index (κ3) is 8.04. The normalized spacial score (nSPS) is 14.3. The van der Waals surface area contributed by atoms with E-state index in [1.54, 1.807) is 0 Å². The van der Waals surface area contributed by atoms with Crippen molar-refractivity contribution in [1.82, 2.24) is 0 Å². The Hall–Kier alpha value is -0.783. The fourth-order valence-electron chi connectivity index (χ4n) is 3.12. The Kier molecular flexibility index (Phi) is 12.2. The van der Waals surface area contributed by atoms with Crippen molar-refractivity contribution < 1.29 is 4.43 Å². The summed E-state index contributed by atoms with van der Waals surface area (Å²) >= 11 is 0. The molecular weight excluding hydrogens is 296 g/mol. The number of allylic oxidation sites excluding steroid dienone is 3. The largest absolute Gasteiger partial charge is 0.401 e. The van der Waals surface area contributed by atoms with E-state index in [0.717, 1.165) is 38.5 Å². The maximum Gasteiger partial charge on any atom is 0.194 e. The summed E-state index contributed by atoms with van der Waals surface area (Å²) in [4.78, 5) is 0. The summed E-state index contributed by atoms with van der Waals surface area (Å²) in [5.41, 5.74) is -0.260. The lowest BCUT2D eigenvalue weighted by Gasteiger charge is -2.40. The molecule has 2 heteroatoms. The molecule has 0 aliphatic carbocycles. The van der Waals surface area contributed by atoms with Gasteiger partial charge in [0, 0.05) is 0 Å². The minimum atomic E-state index is -1.67. The molecule has 1 atom stereocenters. The van der Waals surface area contributed by atoms with Crippen molar-refractivity contribution >= 4 is 8.32 Å². The summed E-state index contributed by atoms with van der Waals surface area (Å²) in [7, 11) is -1.67. The first-order valence-electron chi connectivity index (χ1n) is 9.47. The monoisotopic (exact) mass is 334 g/mol. The molecule has 0 amide bonds. The van der Waals surface area contributed by atoms with Gasteiger partial charge in [-0.15, -0.1) is 12.5 Å². The summed E-state index contributed by atoms with van der Waals surface area (Å²) in [5.74, 6) is 6.65. The zero-order valence-electron chi connectivity index (χ0n) is 16.2. The van der Waals surface area contributed by atoms with Crippen molar-refractivity contribution in [2.45, 2.75) is 96.9 Å². The Labute approximate surface area is 146 Å². The van der Waals surface area contributed by atoms with Crippen LogP contribution in [-0.4, -0.2) is 13.9 Å². The third-order valence-electron chi connectivity index (χ3n) is 4.80. The molecule has 1 nitrogen and oxygen atoms in total. The summed E-state index contributed by atoms with van der Waals surface area (Å²) in [6, 6.07) is 3.54. The second-order valence-corrected chi connectivity index (χ2v) is 11.0. The second-order valence-electron chi connectivity index (χ2n) is 6.31. The van der Waals surface area contributed by atoms with E-state index in [-0.39, 0.29) is 5.60 Å². The zero-order valence-corrected chi connectivity index (χ0v) is 17.2. The van der Waals surface area contributed by atoms with Crippen LogP contribution in [0.3, 0.4) is 0 Å². The first-order valence-corrected chi connectivity index (χ1v) is 12.0. The molecule has 0 aliphatic heterocycles. The zero-order chi connectivity index (χ0) is 17.6. The van der Waals surface area contributed by atoms with E-state index in [4.69, 9.17) is 4.43 Å². The van der Waals surface area contributed by atoms with Crippen LogP contribution in [0.1, 0.15) is 73.1 Å². The van der Waals surface area contributed by atoms with Crippen LogP contribution in [-0.2, 0) is 4.43 Å². The van der Waals surface area contributed by atoms with Crippen molar-refractivity contribution in [3.8, 4) is 11.8 Å². The molecule has 0 fully saturated rings. The molecule has 0 aromatic heterocycles. The SMILES string of the molecule is C=CCCCC(C#CC)(CC/C=C\CC)O[Si](CC)(CC)CC. The average Bonchev–Trinajstić information content (AvgIpc) is 2.57. The summed E-state index contributed by atoms with van der Waals surface area (Å²) < 4.78 is 6.94. The Bertz CT molecular complexity index is 390. The van der Waals surface area contributed by atoms with Crippen LogP contribution in [0.15, 0.2) is 24.8 Å². The van der Waals surface area contributed by atoms with E-state index in [9.17, 15) is 0 Å².